The van der Waals surface area contributed by atoms with E-state index in [9.17, 15) is 4.79 Å². The summed E-state index contributed by atoms with van der Waals surface area (Å²) in [4.78, 5) is 14.2. The van der Waals surface area contributed by atoms with Crippen molar-refractivity contribution in [3.63, 3.8) is 0 Å². The number of nitrogens with two attached hydrogens (primary N) is 1. The third-order valence-electron chi connectivity index (χ3n) is 4.20. The Labute approximate surface area is 99.4 Å². The molecule has 3 heteroatoms. The lowest BCUT2D eigenvalue weighted by molar-refractivity contribution is -0.138. The monoisotopic (exact) mass is 226 g/mol. The van der Waals surface area contributed by atoms with Crippen molar-refractivity contribution in [3.8, 4) is 0 Å². The second kappa shape index (κ2) is 5.67. The van der Waals surface area contributed by atoms with Crippen molar-refractivity contribution in [1.29, 1.82) is 0 Å². The summed E-state index contributed by atoms with van der Waals surface area (Å²) in [6, 6.07) is 0.0223. The van der Waals surface area contributed by atoms with Gasteiger partial charge in [0.15, 0.2) is 0 Å². The summed E-state index contributed by atoms with van der Waals surface area (Å²) in [5, 5.41) is 0. The molecule has 0 aromatic rings. The molecule has 0 aromatic heterocycles. The Morgan fingerprint density at radius 3 is 2.69 bits per heavy atom. The SMILES string of the molecule is CCC(C)C(N)C(=O)N1CCCC(C)C1C. The van der Waals surface area contributed by atoms with E-state index in [1.54, 1.807) is 0 Å². The Kier molecular flexibility index (Phi) is 4.78. The van der Waals surface area contributed by atoms with Gasteiger partial charge in [0.25, 0.3) is 0 Å². The van der Waals surface area contributed by atoms with Crippen LogP contribution in [0.25, 0.3) is 0 Å². The van der Waals surface area contributed by atoms with Crippen LogP contribution in [0.3, 0.4) is 0 Å². The van der Waals surface area contributed by atoms with Gasteiger partial charge in [0.2, 0.25) is 5.91 Å². The molecule has 3 nitrogen and oxygen atoms in total. The topological polar surface area (TPSA) is 46.3 Å². The zero-order valence-corrected chi connectivity index (χ0v) is 11.1. The summed E-state index contributed by atoms with van der Waals surface area (Å²) in [7, 11) is 0. The third-order valence-corrected chi connectivity index (χ3v) is 4.20. The minimum Gasteiger partial charge on any atom is -0.338 e. The van der Waals surface area contributed by atoms with Crippen molar-refractivity contribution in [2.24, 2.45) is 17.6 Å². The van der Waals surface area contributed by atoms with E-state index in [1.165, 1.54) is 6.42 Å². The fourth-order valence-electron chi connectivity index (χ4n) is 2.34. The number of piperidine rings is 1. The molecule has 0 aromatic carbocycles. The van der Waals surface area contributed by atoms with Crippen LogP contribution < -0.4 is 5.73 Å². The van der Waals surface area contributed by atoms with Gasteiger partial charge in [-0.2, -0.15) is 0 Å². The number of carbonyl (C=O) groups excluding carboxylic acids is 1. The van der Waals surface area contributed by atoms with E-state index >= 15 is 0 Å². The first-order valence-electron chi connectivity index (χ1n) is 6.55. The van der Waals surface area contributed by atoms with Crippen LogP contribution in [0.15, 0.2) is 0 Å². The van der Waals surface area contributed by atoms with Crippen LogP contribution in [0.1, 0.15) is 47.0 Å². The van der Waals surface area contributed by atoms with Gasteiger partial charge in [-0.05, 0) is 31.6 Å². The molecule has 0 bridgehead atoms. The maximum absolute atomic E-state index is 12.3. The van der Waals surface area contributed by atoms with Crippen molar-refractivity contribution < 1.29 is 4.79 Å². The van der Waals surface area contributed by atoms with Crippen LogP contribution in [0, 0.1) is 11.8 Å². The van der Waals surface area contributed by atoms with E-state index < -0.39 is 0 Å². The van der Waals surface area contributed by atoms with E-state index in [-0.39, 0.29) is 17.9 Å². The zero-order valence-electron chi connectivity index (χ0n) is 11.1. The summed E-state index contributed by atoms with van der Waals surface area (Å²) in [5.74, 6) is 1.02. The van der Waals surface area contributed by atoms with Crippen molar-refractivity contribution in [3.05, 3.63) is 0 Å². The first-order chi connectivity index (χ1) is 7.49. The van der Waals surface area contributed by atoms with Gasteiger partial charge in [-0.1, -0.05) is 27.2 Å². The molecule has 1 aliphatic heterocycles. The Balaban J connectivity index is 2.65. The van der Waals surface area contributed by atoms with E-state index in [1.807, 2.05) is 4.90 Å². The van der Waals surface area contributed by atoms with Gasteiger partial charge in [0.05, 0.1) is 6.04 Å². The molecule has 0 radical (unpaired) electrons. The predicted octanol–water partition coefficient (Wildman–Crippen LogP) is 2.01. The molecule has 1 aliphatic rings. The first kappa shape index (κ1) is 13.5. The van der Waals surface area contributed by atoms with E-state index in [4.69, 9.17) is 5.73 Å². The van der Waals surface area contributed by atoms with Crippen LogP contribution >= 0.6 is 0 Å². The molecule has 1 saturated heterocycles. The first-order valence-corrected chi connectivity index (χ1v) is 6.55. The van der Waals surface area contributed by atoms with Crippen LogP contribution in [-0.2, 0) is 4.79 Å². The molecule has 1 heterocycles. The highest BCUT2D eigenvalue weighted by molar-refractivity contribution is 5.82. The summed E-state index contributed by atoms with van der Waals surface area (Å²) in [5.41, 5.74) is 6.02. The summed E-state index contributed by atoms with van der Waals surface area (Å²) in [6.45, 7) is 9.39. The maximum Gasteiger partial charge on any atom is 0.240 e. The third kappa shape index (κ3) is 2.76. The maximum atomic E-state index is 12.3. The van der Waals surface area contributed by atoms with Gasteiger partial charge in [0, 0.05) is 12.6 Å². The van der Waals surface area contributed by atoms with E-state index in [2.05, 4.69) is 27.7 Å². The molecule has 0 aliphatic carbocycles. The lowest BCUT2D eigenvalue weighted by Crippen LogP contribution is -2.53. The molecular weight excluding hydrogens is 200 g/mol. The largest absolute Gasteiger partial charge is 0.338 e. The Morgan fingerprint density at radius 1 is 1.50 bits per heavy atom. The fourth-order valence-corrected chi connectivity index (χ4v) is 2.34. The zero-order chi connectivity index (χ0) is 12.3. The quantitative estimate of drug-likeness (QED) is 0.800. The number of hydrogen-bond acceptors (Lipinski definition) is 2. The minimum atomic E-state index is -0.322. The van der Waals surface area contributed by atoms with Crippen LogP contribution in [-0.4, -0.2) is 29.4 Å². The second-order valence-electron chi connectivity index (χ2n) is 5.30. The molecule has 2 N–H and O–H groups in total. The lowest BCUT2D eigenvalue weighted by atomic mass is 9.90. The number of amides is 1. The Hall–Kier alpha value is -0.570. The molecule has 1 fully saturated rings. The Morgan fingerprint density at radius 2 is 2.12 bits per heavy atom. The predicted molar refractivity (Wildman–Crippen MR) is 67.0 cm³/mol. The van der Waals surface area contributed by atoms with Crippen LogP contribution in [0.2, 0.25) is 0 Å². The fraction of sp³-hybridized carbons (Fsp3) is 0.923. The van der Waals surface area contributed by atoms with Gasteiger partial charge >= 0.3 is 0 Å². The van der Waals surface area contributed by atoms with Crippen molar-refractivity contribution in [1.82, 2.24) is 4.90 Å². The standard InChI is InChI=1S/C13H26N2O/c1-5-9(2)12(14)13(16)15-8-6-7-10(3)11(15)4/h9-12H,5-8,14H2,1-4H3. The normalized spacial score (nSPS) is 29.9. The van der Waals surface area contributed by atoms with Crippen LogP contribution in [0.5, 0.6) is 0 Å². The highest BCUT2D eigenvalue weighted by Gasteiger charge is 2.32. The average molecular weight is 226 g/mol. The molecular formula is C13H26N2O. The van der Waals surface area contributed by atoms with Gasteiger partial charge < -0.3 is 10.6 Å². The minimum absolute atomic E-state index is 0.147. The van der Waals surface area contributed by atoms with E-state index in [0.29, 0.717) is 12.0 Å². The molecule has 94 valence electrons. The Bertz CT molecular complexity index is 242. The van der Waals surface area contributed by atoms with Crippen molar-refractivity contribution in [2.75, 3.05) is 6.54 Å². The lowest BCUT2D eigenvalue weighted by Gasteiger charge is -2.40. The highest BCUT2D eigenvalue weighted by atomic mass is 16.2. The molecule has 1 rings (SSSR count). The molecule has 0 spiro atoms. The molecule has 4 atom stereocenters. The van der Waals surface area contributed by atoms with Gasteiger partial charge in [-0.25, -0.2) is 0 Å². The second-order valence-corrected chi connectivity index (χ2v) is 5.30. The number of carbonyl (C=O) groups is 1. The smallest absolute Gasteiger partial charge is 0.240 e. The highest BCUT2D eigenvalue weighted by Crippen LogP contribution is 2.24. The molecule has 1 amide bonds. The van der Waals surface area contributed by atoms with Crippen molar-refractivity contribution >= 4 is 5.91 Å². The van der Waals surface area contributed by atoms with Crippen LogP contribution in [0.4, 0.5) is 0 Å². The van der Waals surface area contributed by atoms with Gasteiger partial charge in [-0.3, -0.25) is 4.79 Å². The molecule has 0 saturated carbocycles. The summed E-state index contributed by atoms with van der Waals surface area (Å²) >= 11 is 0. The molecule has 4 unspecified atom stereocenters. The van der Waals surface area contributed by atoms with Gasteiger partial charge in [0.1, 0.15) is 0 Å². The number of likely N-dealkylation sites (tertiary alicyclic amines) is 1. The number of hydrogen-bond donors (Lipinski definition) is 1. The summed E-state index contributed by atoms with van der Waals surface area (Å²) in [6.07, 6.45) is 3.30. The van der Waals surface area contributed by atoms with Crippen molar-refractivity contribution in [2.45, 2.75) is 59.0 Å². The number of rotatable bonds is 3. The summed E-state index contributed by atoms with van der Waals surface area (Å²) < 4.78 is 0. The van der Waals surface area contributed by atoms with E-state index in [0.717, 1.165) is 19.4 Å². The van der Waals surface area contributed by atoms with Gasteiger partial charge in [-0.15, -0.1) is 0 Å². The average Bonchev–Trinajstić information content (AvgIpc) is 2.29. The molecule has 16 heavy (non-hydrogen) atoms. The number of nitrogens with zero attached hydrogens (tertiary/aromatic N) is 1.